The molecule has 5 aliphatic rings. The van der Waals surface area contributed by atoms with Crippen LogP contribution in [0.2, 0.25) is 0 Å². The summed E-state index contributed by atoms with van der Waals surface area (Å²) in [6.07, 6.45) is 4.67. The van der Waals surface area contributed by atoms with Gasteiger partial charge in [-0.05, 0) is 192 Å². The minimum Gasteiger partial charge on any atom is -0.455 e. The van der Waals surface area contributed by atoms with Crippen LogP contribution in [0.15, 0.2) is 101 Å². The minimum absolute atomic E-state index is 0.0124. The van der Waals surface area contributed by atoms with Crippen LogP contribution in [0.5, 0.6) is 0 Å². The lowest BCUT2D eigenvalue weighted by atomic mass is 9.43. The summed E-state index contributed by atoms with van der Waals surface area (Å²) in [4.78, 5) is 2.82. The molecule has 4 heterocycles. The monoisotopic (exact) mass is 971 g/mol. The van der Waals surface area contributed by atoms with Gasteiger partial charge in [0.1, 0.15) is 11.2 Å². The molecule has 0 spiro atoms. The van der Waals surface area contributed by atoms with Gasteiger partial charge in [-0.25, -0.2) is 0 Å². The average molecular weight is 971 g/mol. The number of hydrogen-bond acceptors (Lipinski definition) is 2. The summed E-state index contributed by atoms with van der Waals surface area (Å²) in [6.45, 7) is 41.1. The fourth-order valence-corrected chi connectivity index (χ4v) is 15.2. The van der Waals surface area contributed by atoms with Gasteiger partial charge in [-0.15, -0.1) is 0 Å². The average Bonchev–Trinajstić information content (AvgIpc) is 3.94. The molecular formula is C70H75BN2O. The zero-order valence-electron chi connectivity index (χ0n) is 47.4. The third-order valence-corrected chi connectivity index (χ3v) is 20.1. The first-order valence-electron chi connectivity index (χ1n) is 28.0. The summed E-state index contributed by atoms with van der Waals surface area (Å²) >= 11 is 0. The fraction of sp³-hybridized carbons (Fsp3) is 0.400. The second kappa shape index (κ2) is 14.1. The molecule has 2 aliphatic heterocycles. The molecular weight excluding hydrogens is 896 g/mol. The molecule has 0 N–H and O–H groups in total. The van der Waals surface area contributed by atoms with Gasteiger partial charge in [-0.1, -0.05) is 153 Å². The molecule has 374 valence electrons. The fourth-order valence-electron chi connectivity index (χ4n) is 15.2. The number of furan rings is 1. The predicted octanol–water partition coefficient (Wildman–Crippen LogP) is 17.8. The zero-order chi connectivity index (χ0) is 52.1. The molecule has 0 atom stereocenters. The topological polar surface area (TPSA) is 21.3 Å². The Morgan fingerprint density at radius 1 is 0.500 bits per heavy atom. The number of aryl methyl sites for hydroxylation is 1. The largest absolute Gasteiger partial charge is 0.455 e. The summed E-state index contributed by atoms with van der Waals surface area (Å²) in [7, 11) is 0. The van der Waals surface area contributed by atoms with Gasteiger partial charge in [0, 0.05) is 49.5 Å². The smallest absolute Gasteiger partial charge is 0.333 e. The summed E-state index contributed by atoms with van der Waals surface area (Å²) < 4.78 is 10.4. The van der Waals surface area contributed by atoms with E-state index in [1.807, 2.05) is 0 Å². The van der Waals surface area contributed by atoms with Crippen LogP contribution in [0.25, 0.3) is 71.7 Å². The second-order valence-corrected chi connectivity index (χ2v) is 29.1. The molecule has 14 rings (SSSR count). The van der Waals surface area contributed by atoms with Crippen molar-refractivity contribution in [2.45, 2.75) is 181 Å². The van der Waals surface area contributed by atoms with Gasteiger partial charge in [-0.2, -0.15) is 0 Å². The van der Waals surface area contributed by atoms with Gasteiger partial charge in [0.15, 0.2) is 0 Å². The number of rotatable bonds is 1. The maximum atomic E-state index is 7.62. The normalized spacial score (nSPS) is 19.1. The molecule has 9 aromatic rings. The van der Waals surface area contributed by atoms with Crippen molar-refractivity contribution in [2.24, 2.45) is 0 Å². The van der Waals surface area contributed by atoms with E-state index in [4.69, 9.17) is 4.42 Å². The number of anilines is 2. The summed E-state index contributed by atoms with van der Waals surface area (Å²) in [5.74, 6) is 0. The Morgan fingerprint density at radius 3 is 1.77 bits per heavy atom. The van der Waals surface area contributed by atoms with Crippen LogP contribution in [0.1, 0.15) is 187 Å². The third-order valence-electron chi connectivity index (χ3n) is 20.1. The van der Waals surface area contributed by atoms with E-state index in [9.17, 15) is 0 Å². The summed E-state index contributed by atoms with van der Waals surface area (Å²) in [6, 6.07) is 39.7. The van der Waals surface area contributed by atoms with E-state index in [0.29, 0.717) is 0 Å². The first-order chi connectivity index (χ1) is 34.6. The van der Waals surface area contributed by atoms with Crippen LogP contribution in [0.4, 0.5) is 11.4 Å². The minimum atomic E-state index is -0.243. The lowest BCUT2D eigenvalue weighted by Crippen LogP contribution is -2.61. The number of fused-ring (bicyclic) bond motifs is 17. The molecule has 0 bridgehead atoms. The van der Waals surface area contributed by atoms with Crippen molar-refractivity contribution in [1.29, 1.82) is 0 Å². The standard InChI is InChI=1S/C70H75BN2O/c1-38-30-48-50(68(12,13)28-26-66(48,8)9)36-56(38)73-55-25-23-41-44-34-49-51(69(14,15)29-27-67(49,10)11)37-57(44)74-63(41)59(55)46-35-52-58(42-20-18-19-21-47(42)70(52,16)17)62-60(46)71(73)53-33-40(65(5,6)7)32-45-43-31-39(64(2,3)4)22-24-54(43)72(62)61(45)53/h18-25,30-37H,26-29H2,1-17H3. The molecule has 3 nitrogen and oxygen atoms in total. The molecule has 0 radical (unpaired) electrons. The van der Waals surface area contributed by atoms with Crippen LogP contribution >= 0.6 is 0 Å². The van der Waals surface area contributed by atoms with Gasteiger partial charge >= 0.3 is 6.85 Å². The van der Waals surface area contributed by atoms with Gasteiger partial charge in [0.05, 0.1) is 16.7 Å². The maximum absolute atomic E-state index is 7.62. The maximum Gasteiger partial charge on any atom is 0.333 e. The van der Waals surface area contributed by atoms with Crippen molar-refractivity contribution in [3.63, 3.8) is 0 Å². The lowest BCUT2D eigenvalue weighted by Gasteiger charge is -2.46. The van der Waals surface area contributed by atoms with E-state index in [1.165, 1.54) is 146 Å². The highest BCUT2D eigenvalue weighted by Gasteiger charge is 2.51. The molecule has 3 aliphatic carbocycles. The SMILES string of the molecule is Cc1cc2c(cc1N1B3c4c(cc5c(c4-n4c6ccc(C(C)(C)C)cc6c6cc(C(C)(C)C)cc3c64)-c3ccccc3C5(C)C)-c3c1ccc1c3oc3cc4c(cc31)C(C)(C)CCC4(C)C)C(C)(C)CCC2(C)C. The van der Waals surface area contributed by atoms with E-state index >= 15 is 0 Å². The van der Waals surface area contributed by atoms with Crippen molar-refractivity contribution < 1.29 is 4.42 Å². The Kier molecular flexibility index (Phi) is 8.85. The van der Waals surface area contributed by atoms with Crippen LogP contribution in [0, 0.1) is 6.92 Å². The number of benzene rings is 7. The summed E-state index contributed by atoms with van der Waals surface area (Å²) in [5, 5.41) is 5.12. The molecule has 4 heteroatoms. The molecule has 0 saturated heterocycles. The molecule has 0 saturated carbocycles. The highest BCUT2D eigenvalue weighted by atomic mass is 16.3. The highest BCUT2D eigenvalue weighted by Crippen LogP contribution is 2.59. The van der Waals surface area contributed by atoms with Crippen LogP contribution < -0.4 is 15.7 Å². The molecule has 0 unspecified atom stereocenters. The van der Waals surface area contributed by atoms with Crippen molar-refractivity contribution >= 4 is 72.9 Å². The van der Waals surface area contributed by atoms with Crippen molar-refractivity contribution in [3.05, 3.63) is 147 Å². The van der Waals surface area contributed by atoms with Crippen LogP contribution in [-0.4, -0.2) is 11.4 Å². The lowest BCUT2D eigenvalue weighted by molar-refractivity contribution is 0.332. The van der Waals surface area contributed by atoms with Crippen molar-refractivity contribution in [1.82, 2.24) is 4.57 Å². The van der Waals surface area contributed by atoms with Gasteiger partial charge < -0.3 is 13.8 Å². The van der Waals surface area contributed by atoms with Crippen molar-refractivity contribution in [2.75, 3.05) is 4.81 Å². The number of aromatic nitrogens is 1. The van der Waals surface area contributed by atoms with Gasteiger partial charge in [-0.3, -0.25) is 0 Å². The number of hydrogen-bond donors (Lipinski definition) is 0. The molecule has 2 aromatic heterocycles. The Morgan fingerprint density at radius 2 is 1.11 bits per heavy atom. The van der Waals surface area contributed by atoms with E-state index in [0.717, 1.165) is 24.0 Å². The van der Waals surface area contributed by atoms with E-state index in [-0.39, 0.29) is 44.8 Å². The second-order valence-electron chi connectivity index (χ2n) is 29.1. The third kappa shape index (κ3) is 5.92. The quantitative estimate of drug-likeness (QED) is 0.153. The van der Waals surface area contributed by atoms with Gasteiger partial charge in [0.25, 0.3) is 0 Å². The molecule has 7 aromatic carbocycles. The molecule has 0 fully saturated rings. The highest BCUT2D eigenvalue weighted by molar-refractivity contribution is 6.94. The van der Waals surface area contributed by atoms with E-state index < -0.39 is 0 Å². The van der Waals surface area contributed by atoms with E-state index in [1.54, 1.807) is 0 Å². The van der Waals surface area contributed by atoms with Crippen molar-refractivity contribution in [3.8, 4) is 27.9 Å². The Balaban J connectivity index is 1.21. The van der Waals surface area contributed by atoms with E-state index in [2.05, 4.69) is 224 Å². The van der Waals surface area contributed by atoms with Crippen LogP contribution in [-0.2, 0) is 37.9 Å². The van der Waals surface area contributed by atoms with Gasteiger partial charge in [0.2, 0.25) is 0 Å². The Bertz CT molecular complexity index is 4030. The Hall–Kier alpha value is -6.00. The summed E-state index contributed by atoms with van der Waals surface area (Å²) in [5.41, 5.74) is 29.1. The first-order valence-corrected chi connectivity index (χ1v) is 28.0. The first kappa shape index (κ1) is 46.5. The molecule has 0 amide bonds. The predicted molar refractivity (Wildman–Crippen MR) is 317 cm³/mol. The Labute approximate surface area is 440 Å². The molecule has 74 heavy (non-hydrogen) atoms. The van der Waals surface area contributed by atoms with Crippen LogP contribution in [0.3, 0.4) is 0 Å². The number of nitrogens with zero attached hydrogens (tertiary/aromatic N) is 2. The zero-order valence-corrected chi connectivity index (χ0v) is 47.4.